The Balaban J connectivity index is 1.85. The zero-order valence-corrected chi connectivity index (χ0v) is 6.83. The van der Waals surface area contributed by atoms with E-state index in [9.17, 15) is 0 Å². The van der Waals surface area contributed by atoms with Crippen molar-refractivity contribution in [3.8, 4) is 0 Å². The van der Waals surface area contributed by atoms with E-state index >= 15 is 0 Å². The van der Waals surface area contributed by atoms with Gasteiger partial charge in [-0.1, -0.05) is 12.5 Å². The summed E-state index contributed by atoms with van der Waals surface area (Å²) in [6, 6.07) is 0. The van der Waals surface area contributed by atoms with Crippen LogP contribution in [0.4, 0.5) is 0 Å². The summed E-state index contributed by atoms with van der Waals surface area (Å²) < 4.78 is 5.17. The maximum Gasteiger partial charge on any atom is 0.107 e. The van der Waals surface area contributed by atoms with Crippen LogP contribution in [0, 0.1) is 0 Å². The molecule has 0 amide bonds. The van der Waals surface area contributed by atoms with Gasteiger partial charge in [0.15, 0.2) is 0 Å². The highest BCUT2D eigenvalue weighted by atomic mass is 16.6. The number of allylic oxidation sites excluding steroid dienone is 1. The van der Waals surface area contributed by atoms with Gasteiger partial charge in [-0.2, -0.15) is 0 Å². The Morgan fingerprint density at radius 1 is 1.36 bits per heavy atom. The molecule has 1 N–H and O–H groups in total. The molecule has 1 aliphatic heterocycles. The van der Waals surface area contributed by atoms with Gasteiger partial charge in [0.05, 0.1) is 12.7 Å². The second-order valence-electron chi connectivity index (χ2n) is 2.97. The number of ether oxygens (including phenoxy) is 1. The molecule has 0 saturated carbocycles. The third-order valence-electron chi connectivity index (χ3n) is 2.01. The third-order valence-corrected chi connectivity index (χ3v) is 2.01. The van der Waals surface area contributed by atoms with E-state index in [1.54, 1.807) is 0 Å². The number of aliphatic hydroxyl groups is 1. The molecule has 2 nitrogen and oxygen atoms in total. The van der Waals surface area contributed by atoms with E-state index in [2.05, 4.69) is 6.58 Å². The second-order valence-corrected chi connectivity index (χ2v) is 2.97. The fourth-order valence-electron chi connectivity index (χ4n) is 1.23. The first kappa shape index (κ1) is 8.75. The van der Waals surface area contributed by atoms with Gasteiger partial charge in [0.1, 0.15) is 6.10 Å². The Bertz CT molecular complexity index is 123. The Morgan fingerprint density at radius 3 is 2.73 bits per heavy atom. The standard InChI is InChI=1S/C9H16O2/c1-2-3-4-5-6-8-9(7-10)11-8/h2,8-10H,1,3-7H2/t8-,9?/m1/s1. The van der Waals surface area contributed by atoms with Crippen molar-refractivity contribution in [1.29, 1.82) is 0 Å². The highest BCUT2D eigenvalue weighted by molar-refractivity contribution is 4.83. The van der Waals surface area contributed by atoms with Crippen LogP contribution in [-0.4, -0.2) is 23.9 Å². The molecule has 0 aromatic rings. The zero-order valence-electron chi connectivity index (χ0n) is 6.83. The van der Waals surface area contributed by atoms with Crippen molar-refractivity contribution in [3.63, 3.8) is 0 Å². The molecule has 1 aliphatic rings. The Hall–Kier alpha value is -0.340. The number of hydrogen-bond donors (Lipinski definition) is 1. The van der Waals surface area contributed by atoms with Crippen molar-refractivity contribution in [1.82, 2.24) is 0 Å². The zero-order chi connectivity index (χ0) is 8.10. The monoisotopic (exact) mass is 156 g/mol. The first-order chi connectivity index (χ1) is 5.38. The van der Waals surface area contributed by atoms with Crippen LogP contribution in [0.5, 0.6) is 0 Å². The topological polar surface area (TPSA) is 32.8 Å². The van der Waals surface area contributed by atoms with Crippen molar-refractivity contribution in [2.75, 3.05) is 6.61 Å². The van der Waals surface area contributed by atoms with Crippen LogP contribution >= 0.6 is 0 Å². The Labute approximate surface area is 67.9 Å². The third kappa shape index (κ3) is 3.04. The highest BCUT2D eigenvalue weighted by Gasteiger charge is 2.36. The highest BCUT2D eigenvalue weighted by Crippen LogP contribution is 2.26. The van der Waals surface area contributed by atoms with E-state index in [0.717, 1.165) is 12.8 Å². The lowest BCUT2D eigenvalue weighted by molar-refractivity contribution is 0.241. The average molecular weight is 156 g/mol. The minimum absolute atomic E-state index is 0.152. The molecule has 0 aromatic heterocycles. The number of hydrogen-bond acceptors (Lipinski definition) is 2. The van der Waals surface area contributed by atoms with Crippen LogP contribution < -0.4 is 0 Å². The van der Waals surface area contributed by atoms with Gasteiger partial charge in [-0.25, -0.2) is 0 Å². The Morgan fingerprint density at radius 2 is 2.18 bits per heavy atom. The predicted molar refractivity (Wildman–Crippen MR) is 44.4 cm³/mol. The quantitative estimate of drug-likeness (QED) is 0.359. The van der Waals surface area contributed by atoms with Crippen LogP contribution in [-0.2, 0) is 4.74 Å². The molecule has 1 unspecified atom stereocenters. The van der Waals surface area contributed by atoms with Gasteiger partial charge in [-0.05, 0) is 19.3 Å². The molecule has 0 radical (unpaired) electrons. The van der Waals surface area contributed by atoms with E-state index in [-0.39, 0.29) is 12.7 Å². The van der Waals surface area contributed by atoms with E-state index in [4.69, 9.17) is 9.84 Å². The number of unbranched alkanes of at least 4 members (excludes halogenated alkanes) is 2. The molecular weight excluding hydrogens is 140 g/mol. The maximum absolute atomic E-state index is 8.64. The minimum atomic E-state index is 0.152. The van der Waals surface area contributed by atoms with Gasteiger partial charge in [-0.15, -0.1) is 6.58 Å². The van der Waals surface area contributed by atoms with Gasteiger partial charge >= 0.3 is 0 Å². The van der Waals surface area contributed by atoms with Crippen LogP contribution in [0.1, 0.15) is 25.7 Å². The van der Waals surface area contributed by atoms with E-state index in [0.29, 0.717) is 6.10 Å². The minimum Gasteiger partial charge on any atom is -0.394 e. The van der Waals surface area contributed by atoms with Crippen molar-refractivity contribution >= 4 is 0 Å². The summed E-state index contributed by atoms with van der Waals surface area (Å²) in [5.74, 6) is 0. The predicted octanol–water partition coefficient (Wildman–Crippen LogP) is 1.49. The van der Waals surface area contributed by atoms with Crippen molar-refractivity contribution in [3.05, 3.63) is 12.7 Å². The summed E-state index contributed by atoms with van der Waals surface area (Å²) in [6.45, 7) is 3.84. The van der Waals surface area contributed by atoms with Gasteiger partial charge in [0.25, 0.3) is 0 Å². The lowest BCUT2D eigenvalue weighted by Gasteiger charge is -1.93. The summed E-state index contributed by atoms with van der Waals surface area (Å²) in [6.07, 6.45) is 7.02. The van der Waals surface area contributed by atoms with Crippen molar-refractivity contribution in [2.45, 2.75) is 37.9 Å². The van der Waals surface area contributed by atoms with Crippen molar-refractivity contribution in [2.24, 2.45) is 0 Å². The molecule has 2 heteroatoms. The van der Waals surface area contributed by atoms with Gasteiger partial charge < -0.3 is 9.84 Å². The molecule has 1 saturated heterocycles. The Kier molecular flexibility index (Phi) is 3.60. The number of epoxide rings is 1. The van der Waals surface area contributed by atoms with Gasteiger partial charge in [0, 0.05) is 0 Å². The molecule has 11 heavy (non-hydrogen) atoms. The first-order valence-electron chi connectivity index (χ1n) is 4.25. The molecular formula is C9H16O2. The average Bonchev–Trinajstić information content (AvgIpc) is 2.77. The smallest absolute Gasteiger partial charge is 0.107 e. The number of aliphatic hydroxyl groups excluding tert-OH is 1. The first-order valence-corrected chi connectivity index (χ1v) is 4.25. The number of rotatable bonds is 6. The van der Waals surface area contributed by atoms with E-state index in [1.807, 2.05) is 6.08 Å². The molecule has 64 valence electrons. The van der Waals surface area contributed by atoms with Gasteiger partial charge in [0.2, 0.25) is 0 Å². The van der Waals surface area contributed by atoms with Crippen molar-refractivity contribution < 1.29 is 9.84 Å². The molecule has 0 aromatic carbocycles. The van der Waals surface area contributed by atoms with Crippen LogP contribution in [0.3, 0.4) is 0 Å². The lowest BCUT2D eigenvalue weighted by atomic mass is 10.1. The second kappa shape index (κ2) is 4.52. The summed E-state index contributed by atoms with van der Waals surface area (Å²) in [7, 11) is 0. The summed E-state index contributed by atoms with van der Waals surface area (Å²) in [5.41, 5.74) is 0. The molecule has 0 spiro atoms. The summed E-state index contributed by atoms with van der Waals surface area (Å²) >= 11 is 0. The lowest BCUT2D eigenvalue weighted by Crippen LogP contribution is -1.98. The van der Waals surface area contributed by atoms with Crippen LogP contribution in [0.2, 0.25) is 0 Å². The van der Waals surface area contributed by atoms with Crippen LogP contribution in [0.15, 0.2) is 12.7 Å². The fraction of sp³-hybridized carbons (Fsp3) is 0.778. The molecule has 1 fully saturated rings. The van der Waals surface area contributed by atoms with E-state index < -0.39 is 0 Å². The maximum atomic E-state index is 8.64. The molecule has 1 heterocycles. The summed E-state index contributed by atoms with van der Waals surface area (Å²) in [5, 5.41) is 8.64. The molecule has 0 aliphatic carbocycles. The molecule has 1 rings (SSSR count). The summed E-state index contributed by atoms with van der Waals surface area (Å²) in [4.78, 5) is 0. The van der Waals surface area contributed by atoms with E-state index in [1.165, 1.54) is 12.8 Å². The molecule has 0 bridgehead atoms. The molecule has 2 atom stereocenters. The van der Waals surface area contributed by atoms with Crippen LogP contribution in [0.25, 0.3) is 0 Å². The van der Waals surface area contributed by atoms with Gasteiger partial charge in [-0.3, -0.25) is 0 Å². The largest absolute Gasteiger partial charge is 0.394 e. The SMILES string of the molecule is C=CCCCC[C@H]1OC1CO. The fourth-order valence-corrected chi connectivity index (χ4v) is 1.23. The normalized spacial score (nSPS) is 28.5.